The lowest BCUT2D eigenvalue weighted by atomic mass is 10.1. The number of halogens is 1. The van der Waals surface area contributed by atoms with Gasteiger partial charge in [0.25, 0.3) is 11.1 Å². The molecule has 0 fully saturated rings. The normalized spacial score (nSPS) is 12.2. The van der Waals surface area contributed by atoms with Gasteiger partial charge in [0.05, 0.1) is 0 Å². The molecule has 0 bridgehead atoms. The molecule has 1 aromatic carbocycles. The minimum absolute atomic E-state index is 0. The Morgan fingerprint density at radius 3 is 2.60 bits per heavy atom. The molecular formula is C14H20ClN3OS. The first-order chi connectivity index (χ1) is 9.08. The van der Waals surface area contributed by atoms with Crippen LogP contribution in [0.3, 0.4) is 0 Å². The first-order valence-corrected chi connectivity index (χ1v) is 7.40. The molecule has 0 aliphatic heterocycles. The molecule has 110 valence electrons. The fraction of sp³-hybridized carbons (Fsp3) is 0.429. The highest BCUT2D eigenvalue weighted by molar-refractivity contribution is 7.98. The van der Waals surface area contributed by atoms with Crippen molar-refractivity contribution in [3.63, 3.8) is 0 Å². The molecule has 2 aromatic rings. The average Bonchev–Trinajstić information content (AvgIpc) is 2.85. The molecule has 1 atom stereocenters. The van der Waals surface area contributed by atoms with Crippen LogP contribution >= 0.6 is 11.8 Å². The number of hydrogen-bond donors (Lipinski definition) is 1. The number of nitrogens with zero attached hydrogens (tertiary/aromatic N) is 2. The summed E-state index contributed by atoms with van der Waals surface area (Å²) in [6.45, 7) is 6.31. The van der Waals surface area contributed by atoms with Crippen molar-refractivity contribution in [2.24, 2.45) is 5.92 Å². The third kappa shape index (κ3) is 4.23. The van der Waals surface area contributed by atoms with Gasteiger partial charge in [0.2, 0.25) is 0 Å². The molecular weight excluding hydrogens is 294 g/mol. The molecule has 1 heterocycles. The number of hydrogen-bond acceptors (Lipinski definition) is 4. The number of aromatic nitrogens is 2. The van der Waals surface area contributed by atoms with Crippen LogP contribution in [-0.4, -0.2) is 10.2 Å². The second-order valence-electron chi connectivity index (χ2n) is 4.97. The monoisotopic (exact) mass is 313 g/mol. The molecule has 0 aliphatic carbocycles. The van der Waals surface area contributed by atoms with E-state index in [1.807, 2.05) is 12.1 Å². The van der Waals surface area contributed by atoms with Gasteiger partial charge in [0.15, 0.2) is 6.04 Å². The van der Waals surface area contributed by atoms with Crippen LogP contribution in [0.1, 0.15) is 36.9 Å². The highest BCUT2D eigenvalue weighted by Crippen LogP contribution is 2.25. The van der Waals surface area contributed by atoms with Gasteiger partial charge in [-0.3, -0.25) is 0 Å². The van der Waals surface area contributed by atoms with Crippen molar-refractivity contribution in [3.05, 3.63) is 41.3 Å². The molecule has 3 N–H and O–H groups in total. The number of quaternary nitrogens is 1. The van der Waals surface area contributed by atoms with Crippen molar-refractivity contribution >= 4 is 11.8 Å². The summed E-state index contributed by atoms with van der Waals surface area (Å²) < 4.78 is 5.65. The second kappa shape index (κ2) is 7.67. The van der Waals surface area contributed by atoms with E-state index >= 15 is 0 Å². The summed E-state index contributed by atoms with van der Waals surface area (Å²) in [7, 11) is 0. The Morgan fingerprint density at radius 2 is 1.95 bits per heavy atom. The fourth-order valence-electron chi connectivity index (χ4n) is 1.63. The largest absolute Gasteiger partial charge is 1.00 e. The predicted octanol–water partition coefficient (Wildman–Crippen LogP) is -0.387. The summed E-state index contributed by atoms with van der Waals surface area (Å²) in [5, 5.41) is 8.76. The van der Waals surface area contributed by atoms with Crippen molar-refractivity contribution in [2.75, 3.05) is 0 Å². The topological polar surface area (TPSA) is 66.6 Å². The minimum atomic E-state index is 0. The zero-order chi connectivity index (χ0) is 13.8. The summed E-state index contributed by atoms with van der Waals surface area (Å²) in [5.41, 5.74) is 6.63. The van der Waals surface area contributed by atoms with Gasteiger partial charge in [0.1, 0.15) is 0 Å². The SMILES string of the molecule is Cc1ccccc1CSc1nnc([C@@H]([NH3+])C(C)C)o1.[Cl-]. The van der Waals surface area contributed by atoms with Crippen molar-refractivity contribution in [1.82, 2.24) is 10.2 Å². The van der Waals surface area contributed by atoms with E-state index in [0.29, 0.717) is 17.0 Å². The summed E-state index contributed by atoms with van der Waals surface area (Å²) in [4.78, 5) is 0. The van der Waals surface area contributed by atoms with E-state index < -0.39 is 0 Å². The van der Waals surface area contributed by atoms with Gasteiger partial charge in [-0.2, -0.15) is 0 Å². The van der Waals surface area contributed by atoms with Crippen LogP contribution < -0.4 is 18.1 Å². The van der Waals surface area contributed by atoms with Gasteiger partial charge in [-0.25, -0.2) is 0 Å². The third-order valence-corrected chi connectivity index (χ3v) is 4.02. The average molecular weight is 314 g/mol. The maximum atomic E-state index is 5.65. The standard InChI is InChI=1S/C14H19N3OS.ClH/c1-9(2)12(15)13-16-17-14(18-13)19-8-11-7-5-4-6-10(11)3;/h4-7,9,12H,8,15H2,1-3H3;1H/t12-;/m0./s1. The van der Waals surface area contributed by atoms with Crippen molar-refractivity contribution in [1.29, 1.82) is 0 Å². The van der Waals surface area contributed by atoms with Gasteiger partial charge in [-0.15, -0.1) is 10.2 Å². The van der Waals surface area contributed by atoms with E-state index in [0.717, 1.165) is 5.75 Å². The lowest BCUT2D eigenvalue weighted by Crippen LogP contribution is -3.00. The Hall–Kier alpha value is -1.04. The van der Waals surface area contributed by atoms with E-state index in [-0.39, 0.29) is 18.4 Å². The van der Waals surface area contributed by atoms with Crippen LogP contribution in [0.2, 0.25) is 0 Å². The second-order valence-corrected chi connectivity index (χ2v) is 5.90. The van der Waals surface area contributed by atoms with Gasteiger partial charge in [-0.05, 0) is 18.1 Å². The molecule has 1 aromatic heterocycles. The Kier molecular flexibility index (Phi) is 6.52. The van der Waals surface area contributed by atoms with Crippen LogP contribution in [0.5, 0.6) is 0 Å². The van der Waals surface area contributed by atoms with E-state index in [1.54, 1.807) is 11.8 Å². The van der Waals surface area contributed by atoms with Gasteiger partial charge >= 0.3 is 0 Å². The summed E-state index contributed by atoms with van der Waals surface area (Å²) >= 11 is 1.57. The lowest BCUT2D eigenvalue weighted by Gasteiger charge is -2.06. The third-order valence-electron chi connectivity index (χ3n) is 3.16. The molecule has 0 radical (unpaired) electrons. The smallest absolute Gasteiger partial charge is 0.277 e. The molecule has 0 saturated heterocycles. The minimum Gasteiger partial charge on any atom is -1.00 e. The van der Waals surface area contributed by atoms with Crippen LogP contribution in [0.4, 0.5) is 0 Å². The lowest BCUT2D eigenvalue weighted by molar-refractivity contribution is -0.443. The predicted molar refractivity (Wildman–Crippen MR) is 75.5 cm³/mol. The molecule has 4 nitrogen and oxygen atoms in total. The Labute approximate surface area is 129 Å². The van der Waals surface area contributed by atoms with Crippen LogP contribution in [0.25, 0.3) is 0 Å². The maximum absolute atomic E-state index is 5.65. The molecule has 0 saturated carbocycles. The highest BCUT2D eigenvalue weighted by atomic mass is 35.5. The maximum Gasteiger partial charge on any atom is 0.277 e. The molecule has 0 spiro atoms. The summed E-state index contributed by atoms with van der Waals surface area (Å²) in [5.74, 6) is 1.87. The van der Waals surface area contributed by atoms with E-state index in [9.17, 15) is 0 Å². The molecule has 6 heteroatoms. The van der Waals surface area contributed by atoms with Crippen molar-refractivity contribution in [3.8, 4) is 0 Å². The Morgan fingerprint density at radius 1 is 1.25 bits per heavy atom. The quantitative estimate of drug-likeness (QED) is 0.764. The summed E-state index contributed by atoms with van der Waals surface area (Å²) in [6.07, 6.45) is 0. The van der Waals surface area contributed by atoms with Crippen LogP contribution in [-0.2, 0) is 5.75 Å². The number of thioether (sulfide) groups is 1. The molecule has 2 rings (SSSR count). The first kappa shape index (κ1) is 17.0. The molecule has 0 unspecified atom stereocenters. The van der Waals surface area contributed by atoms with E-state index in [4.69, 9.17) is 4.42 Å². The molecule has 0 amide bonds. The zero-order valence-corrected chi connectivity index (χ0v) is 13.5. The Balaban J connectivity index is 0.00000200. The fourth-order valence-corrected chi connectivity index (χ4v) is 2.47. The van der Waals surface area contributed by atoms with Crippen LogP contribution in [0.15, 0.2) is 33.9 Å². The number of aryl methyl sites for hydroxylation is 1. The number of benzene rings is 1. The van der Waals surface area contributed by atoms with Crippen molar-refractivity contribution < 1.29 is 22.6 Å². The van der Waals surface area contributed by atoms with Crippen LogP contribution in [0, 0.1) is 12.8 Å². The summed E-state index contributed by atoms with van der Waals surface area (Å²) in [6, 6.07) is 8.38. The first-order valence-electron chi connectivity index (χ1n) is 6.41. The van der Waals surface area contributed by atoms with Gasteiger partial charge < -0.3 is 22.6 Å². The molecule has 20 heavy (non-hydrogen) atoms. The zero-order valence-electron chi connectivity index (χ0n) is 12.0. The van der Waals surface area contributed by atoms with Gasteiger partial charge in [-0.1, -0.05) is 49.9 Å². The highest BCUT2D eigenvalue weighted by Gasteiger charge is 2.21. The Bertz CT molecular complexity index is 545. The molecule has 0 aliphatic rings. The van der Waals surface area contributed by atoms with Gasteiger partial charge in [0, 0.05) is 11.7 Å². The number of rotatable bonds is 5. The van der Waals surface area contributed by atoms with Crippen molar-refractivity contribution in [2.45, 2.75) is 37.8 Å². The van der Waals surface area contributed by atoms with E-state index in [1.165, 1.54) is 11.1 Å². The van der Waals surface area contributed by atoms with E-state index in [2.05, 4.69) is 48.8 Å².